The van der Waals surface area contributed by atoms with Crippen LogP contribution in [0.2, 0.25) is 0 Å². The minimum Gasteiger partial charge on any atom is -0.497 e. The van der Waals surface area contributed by atoms with E-state index in [9.17, 15) is 4.79 Å². The molecule has 1 N–H and O–H groups in total. The van der Waals surface area contributed by atoms with Gasteiger partial charge in [-0.15, -0.1) is 11.3 Å². The van der Waals surface area contributed by atoms with Gasteiger partial charge in [0.1, 0.15) is 5.75 Å². The molecule has 1 aliphatic rings. The van der Waals surface area contributed by atoms with Crippen LogP contribution in [-0.2, 0) is 0 Å². The lowest BCUT2D eigenvalue weighted by Gasteiger charge is -2.28. The number of nitrogens with one attached hydrogen (secondary N) is 1. The summed E-state index contributed by atoms with van der Waals surface area (Å²) in [5.41, 5.74) is 1.19. The summed E-state index contributed by atoms with van der Waals surface area (Å²) in [4.78, 5) is 16.0. The zero-order valence-electron chi connectivity index (χ0n) is 15.5. The molecule has 1 unspecified atom stereocenters. The SMILES string of the molecule is COc1cccc(C(CNC(=O)c2cc3ccccc3s2)N2CCCC2)c1. The quantitative estimate of drug-likeness (QED) is 0.686. The number of hydrogen-bond acceptors (Lipinski definition) is 4. The lowest BCUT2D eigenvalue weighted by Crippen LogP contribution is -2.36. The Balaban J connectivity index is 1.51. The first-order valence-electron chi connectivity index (χ1n) is 9.39. The number of benzene rings is 2. The summed E-state index contributed by atoms with van der Waals surface area (Å²) in [6.07, 6.45) is 2.43. The minimum atomic E-state index is 0.00305. The van der Waals surface area contributed by atoms with Gasteiger partial charge >= 0.3 is 0 Å². The number of fused-ring (bicyclic) bond motifs is 1. The molecule has 3 aromatic rings. The number of likely N-dealkylation sites (tertiary alicyclic amines) is 1. The van der Waals surface area contributed by atoms with Crippen LogP contribution in [0, 0.1) is 0 Å². The third-order valence-corrected chi connectivity index (χ3v) is 6.28. The number of methoxy groups -OCH3 is 1. The molecule has 2 heterocycles. The molecule has 0 aliphatic carbocycles. The Labute approximate surface area is 163 Å². The molecule has 1 fully saturated rings. The average Bonchev–Trinajstić information content (AvgIpc) is 3.38. The average molecular weight is 381 g/mol. The molecule has 27 heavy (non-hydrogen) atoms. The first-order valence-corrected chi connectivity index (χ1v) is 10.2. The van der Waals surface area contributed by atoms with Crippen LogP contribution in [0.15, 0.2) is 54.6 Å². The van der Waals surface area contributed by atoms with E-state index in [0.717, 1.165) is 33.8 Å². The van der Waals surface area contributed by atoms with E-state index < -0.39 is 0 Å². The number of carbonyl (C=O) groups excluding carboxylic acids is 1. The van der Waals surface area contributed by atoms with Crippen molar-refractivity contribution in [3.63, 3.8) is 0 Å². The van der Waals surface area contributed by atoms with Gasteiger partial charge in [-0.2, -0.15) is 0 Å². The normalized spacial score (nSPS) is 15.7. The van der Waals surface area contributed by atoms with E-state index in [0.29, 0.717) is 6.54 Å². The Morgan fingerprint density at radius 3 is 2.74 bits per heavy atom. The van der Waals surface area contributed by atoms with Gasteiger partial charge in [0.15, 0.2) is 0 Å². The van der Waals surface area contributed by atoms with E-state index in [1.165, 1.54) is 18.4 Å². The highest BCUT2D eigenvalue weighted by Gasteiger charge is 2.24. The van der Waals surface area contributed by atoms with Gasteiger partial charge in [-0.25, -0.2) is 0 Å². The van der Waals surface area contributed by atoms with Crippen molar-refractivity contribution >= 4 is 27.3 Å². The van der Waals surface area contributed by atoms with E-state index >= 15 is 0 Å². The van der Waals surface area contributed by atoms with Gasteiger partial charge in [0.05, 0.1) is 18.0 Å². The first kappa shape index (κ1) is 18.0. The largest absolute Gasteiger partial charge is 0.497 e. The van der Waals surface area contributed by atoms with Crippen molar-refractivity contribution in [2.24, 2.45) is 0 Å². The highest BCUT2D eigenvalue weighted by Crippen LogP contribution is 2.28. The van der Waals surface area contributed by atoms with E-state index in [1.807, 2.05) is 36.4 Å². The zero-order valence-corrected chi connectivity index (χ0v) is 16.3. The van der Waals surface area contributed by atoms with Crippen LogP contribution in [0.5, 0.6) is 5.75 Å². The standard InChI is InChI=1S/C22H24N2O2S/c1-26-18-9-6-8-16(13-18)19(24-11-4-5-12-24)15-23-22(25)21-14-17-7-2-3-10-20(17)27-21/h2-3,6-10,13-14,19H,4-5,11-12,15H2,1H3,(H,23,25). The predicted octanol–water partition coefficient (Wildman–Crippen LogP) is 4.48. The number of carbonyl (C=O) groups is 1. The molecule has 4 nitrogen and oxygen atoms in total. The fourth-order valence-corrected chi connectivity index (χ4v) is 4.71. The third kappa shape index (κ3) is 3.99. The van der Waals surface area contributed by atoms with Crippen LogP contribution in [0.1, 0.15) is 34.1 Å². The van der Waals surface area contributed by atoms with E-state index in [4.69, 9.17) is 4.74 Å². The Hall–Kier alpha value is -2.37. The Morgan fingerprint density at radius 1 is 1.15 bits per heavy atom. The fourth-order valence-electron chi connectivity index (χ4n) is 3.73. The summed E-state index contributed by atoms with van der Waals surface area (Å²) >= 11 is 1.55. The van der Waals surface area contributed by atoms with Gasteiger partial charge in [0, 0.05) is 11.2 Å². The number of amides is 1. The highest BCUT2D eigenvalue weighted by molar-refractivity contribution is 7.20. The van der Waals surface area contributed by atoms with Gasteiger partial charge in [-0.3, -0.25) is 9.69 Å². The van der Waals surface area contributed by atoms with Crippen LogP contribution >= 0.6 is 11.3 Å². The van der Waals surface area contributed by atoms with Gasteiger partial charge in [-0.05, 0) is 61.1 Å². The van der Waals surface area contributed by atoms with Crippen molar-refractivity contribution in [3.05, 3.63) is 65.0 Å². The van der Waals surface area contributed by atoms with Crippen molar-refractivity contribution in [3.8, 4) is 5.75 Å². The molecular formula is C22H24N2O2S. The molecule has 1 atom stereocenters. The zero-order chi connectivity index (χ0) is 18.6. The molecule has 2 aromatic carbocycles. The van der Waals surface area contributed by atoms with Crippen molar-refractivity contribution < 1.29 is 9.53 Å². The van der Waals surface area contributed by atoms with E-state index in [-0.39, 0.29) is 11.9 Å². The second-order valence-electron chi connectivity index (χ2n) is 6.89. The van der Waals surface area contributed by atoms with Crippen LogP contribution < -0.4 is 10.1 Å². The van der Waals surface area contributed by atoms with E-state index in [1.54, 1.807) is 18.4 Å². The second-order valence-corrected chi connectivity index (χ2v) is 7.98. The molecule has 0 radical (unpaired) electrons. The number of hydrogen-bond donors (Lipinski definition) is 1. The molecule has 1 aliphatic heterocycles. The third-order valence-electron chi connectivity index (χ3n) is 5.17. The topological polar surface area (TPSA) is 41.6 Å². The summed E-state index contributed by atoms with van der Waals surface area (Å²) in [6.45, 7) is 2.74. The lowest BCUT2D eigenvalue weighted by atomic mass is 10.0. The fraction of sp³-hybridized carbons (Fsp3) is 0.318. The summed E-state index contributed by atoms with van der Waals surface area (Å²) in [5, 5.41) is 4.28. The number of rotatable bonds is 6. The Morgan fingerprint density at radius 2 is 1.96 bits per heavy atom. The molecule has 1 aromatic heterocycles. The second kappa shape index (κ2) is 8.11. The molecule has 1 saturated heterocycles. The lowest BCUT2D eigenvalue weighted by molar-refractivity contribution is 0.0942. The van der Waals surface area contributed by atoms with Gasteiger partial charge in [0.25, 0.3) is 5.91 Å². The van der Waals surface area contributed by atoms with Crippen molar-refractivity contribution in [1.82, 2.24) is 10.2 Å². The molecule has 0 bridgehead atoms. The molecule has 140 valence electrons. The van der Waals surface area contributed by atoms with Crippen LogP contribution in [0.3, 0.4) is 0 Å². The van der Waals surface area contributed by atoms with Crippen LogP contribution in [-0.4, -0.2) is 37.6 Å². The Kier molecular flexibility index (Phi) is 5.41. The number of thiophene rings is 1. The predicted molar refractivity (Wildman–Crippen MR) is 111 cm³/mol. The van der Waals surface area contributed by atoms with Crippen molar-refractivity contribution in [2.75, 3.05) is 26.7 Å². The molecule has 0 spiro atoms. The first-order chi connectivity index (χ1) is 13.2. The molecular weight excluding hydrogens is 356 g/mol. The van der Waals surface area contributed by atoms with E-state index in [2.05, 4.69) is 28.4 Å². The minimum absolute atomic E-state index is 0.00305. The molecule has 0 saturated carbocycles. The summed E-state index contributed by atoms with van der Waals surface area (Å²) in [6, 6.07) is 18.4. The van der Waals surface area contributed by atoms with Gasteiger partial charge in [0.2, 0.25) is 0 Å². The maximum absolute atomic E-state index is 12.7. The smallest absolute Gasteiger partial charge is 0.261 e. The molecule has 4 rings (SSSR count). The monoisotopic (exact) mass is 380 g/mol. The van der Waals surface area contributed by atoms with Crippen molar-refractivity contribution in [2.45, 2.75) is 18.9 Å². The molecule has 5 heteroatoms. The summed E-state index contributed by atoms with van der Waals surface area (Å²) in [5.74, 6) is 0.857. The molecule has 1 amide bonds. The summed E-state index contributed by atoms with van der Waals surface area (Å²) in [7, 11) is 1.69. The summed E-state index contributed by atoms with van der Waals surface area (Å²) < 4.78 is 6.54. The van der Waals surface area contributed by atoms with Crippen molar-refractivity contribution in [1.29, 1.82) is 0 Å². The Bertz CT molecular complexity index is 898. The highest BCUT2D eigenvalue weighted by atomic mass is 32.1. The van der Waals surface area contributed by atoms with Gasteiger partial charge < -0.3 is 10.1 Å². The maximum Gasteiger partial charge on any atom is 0.261 e. The van der Waals surface area contributed by atoms with Crippen LogP contribution in [0.25, 0.3) is 10.1 Å². The van der Waals surface area contributed by atoms with Gasteiger partial charge in [-0.1, -0.05) is 30.3 Å². The number of nitrogens with zero attached hydrogens (tertiary/aromatic N) is 1. The van der Waals surface area contributed by atoms with Crippen LogP contribution in [0.4, 0.5) is 0 Å². The maximum atomic E-state index is 12.7. The number of ether oxygens (including phenoxy) is 1.